The summed E-state index contributed by atoms with van der Waals surface area (Å²) >= 11 is 0. The average molecular weight is 198 g/mol. The zero-order valence-corrected chi connectivity index (χ0v) is 7.89. The van der Waals surface area contributed by atoms with Crippen LogP contribution in [0.2, 0.25) is 0 Å². The first-order valence-corrected chi connectivity index (χ1v) is 3.85. The molecular formula is C8H10N2O4. The van der Waals surface area contributed by atoms with E-state index in [1.807, 2.05) is 0 Å². The van der Waals surface area contributed by atoms with Gasteiger partial charge in [0.15, 0.2) is 0 Å². The molecule has 1 aromatic heterocycles. The summed E-state index contributed by atoms with van der Waals surface area (Å²) in [5.74, 6) is -0.911. The van der Waals surface area contributed by atoms with Gasteiger partial charge in [-0.05, 0) is 0 Å². The molecule has 0 spiro atoms. The maximum atomic E-state index is 11.0. The molecule has 14 heavy (non-hydrogen) atoms. The minimum atomic E-state index is -0.485. The quantitative estimate of drug-likeness (QED) is 0.631. The number of nitrogens with zero attached hydrogens (tertiary/aromatic N) is 2. The Labute approximate surface area is 80.4 Å². The summed E-state index contributed by atoms with van der Waals surface area (Å²) in [4.78, 5) is 21.8. The summed E-state index contributed by atoms with van der Waals surface area (Å²) in [6.45, 7) is -0.0203. The molecule has 6 heteroatoms. The number of hydrogen-bond acceptors (Lipinski definition) is 5. The Bertz CT molecular complexity index is 345. The Morgan fingerprint density at radius 1 is 1.43 bits per heavy atom. The number of methoxy groups -OCH3 is 2. The van der Waals surface area contributed by atoms with Crippen molar-refractivity contribution in [2.24, 2.45) is 0 Å². The number of carbonyl (C=O) groups is 2. The van der Waals surface area contributed by atoms with Gasteiger partial charge in [-0.15, -0.1) is 0 Å². The Hall–Kier alpha value is -1.85. The summed E-state index contributed by atoms with van der Waals surface area (Å²) in [5, 5.41) is 3.79. The van der Waals surface area contributed by atoms with Crippen molar-refractivity contribution < 1.29 is 19.1 Å². The first kappa shape index (κ1) is 10.2. The summed E-state index contributed by atoms with van der Waals surface area (Å²) in [5.41, 5.74) is 0.302. The van der Waals surface area contributed by atoms with Gasteiger partial charge in [0.2, 0.25) is 0 Å². The summed E-state index contributed by atoms with van der Waals surface area (Å²) < 4.78 is 10.2. The molecule has 0 N–H and O–H groups in total. The van der Waals surface area contributed by atoms with E-state index >= 15 is 0 Å². The lowest BCUT2D eigenvalue weighted by Crippen LogP contribution is -2.11. The molecule has 1 rings (SSSR count). The molecule has 0 amide bonds. The van der Waals surface area contributed by atoms with Crippen LogP contribution in [0.4, 0.5) is 0 Å². The standard InChI is InChI=1S/C8H10N2O4/c1-13-7(11)5-10-4-6(3-9-10)8(12)14-2/h3-4H,5H2,1-2H3. The third kappa shape index (κ3) is 2.32. The number of esters is 2. The van der Waals surface area contributed by atoms with Gasteiger partial charge in [0.1, 0.15) is 6.54 Å². The molecule has 0 saturated heterocycles. The van der Waals surface area contributed by atoms with Crippen LogP contribution in [0.1, 0.15) is 10.4 Å². The van der Waals surface area contributed by atoms with Crippen molar-refractivity contribution in [2.45, 2.75) is 6.54 Å². The van der Waals surface area contributed by atoms with E-state index in [2.05, 4.69) is 14.6 Å². The normalized spacial score (nSPS) is 9.57. The fraction of sp³-hybridized carbons (Fsp3) is 0.375. The first-order chi connectivity index (χ1) is 6.67. The molecule has 6 nitrogen and oxygen atoms in total. The van der Waals surface area contributed by atoms with Crippen molar-refractivity contribution in [1.29, 1.82) is 0 Å². The SMILES string of the molecule is COC(=O)Cn1cc(C(=O)OC)cn1. The zero-order chi connectivity index (χ0) is 10.6. The third-order valence-electron chi connectivity index (χ3n) is 1.57. The molecular weight excluding hydrogens is 188 g/mol. The van der Waals surface area contributed by atoms with Gasteiger partial charge < -0.3 is 9.47 Å². The van der Waals surface area contributed by atoms with Crippen molar-refractivity contribution in [2.75, 3.05) is 14.2 Å². The van der Waals surface area contributed by atoms with E-state index in [0.717, 1.165) is 0 Å². The molecule has 0 fully saturated rings. The Kier molecular flexibility index (Phi) is 3.22. The predicted molar refractivity (Wildman–Crippen MR) is 45.6 cm³/mol. The van der Waals surface area contributed by atoms with Gasteiger partial charge in [-0.1, -0.05) is 0 Å². The van der Waals surface area contributed by atoms with Crippen LogP contribution in [-0.4, -0.2) is 35.9 Å². The molecule has 0 aliphatic heterocycles. The highest BCUT2D eigenvalue weighted by Crippen LogP contribution is 1.99. The molecule has 0 bridgehead atoms. The molecule has 0 atom stereocenters. The molecule has 0 aliphatic carbocycles. The largest absolute Gasteiger partial charge is 0.468 e. The van der Waals surface area contributed by atoms with Gasteiger partial charge in [0, 0.05) is 6.20 Å². The molecule has 1 aromatic rings. The van der Waals surface area contributed by atoms with Crippen molar-refractivity contribution in [3.8, 4) is 0 Å². The fourth-order valence-electron chi connectivity index (χ4n) is 0.870. The number of rotatable bonds is 3. The number of aromatic nitrogens is 2. The maximum Gasteiger partial charge on any atom is 0.341 e. The summed E-state index contributed by atoms with van der Waals surface area (Å²) in [6.07, 6.45) is 2.75. The van der Waals surface area contributed by atoms with Crippen LogP contribution >= 0.6 is 0 Å². The van der Waals surface area contributed by atoms with Crippen LogP contribution in [0.15, 0.2) is 12.4 Å². The predicted octanol–water partition coefficient (Wildman–Crippen LogP) is -0.157. The third-order valence-corrected chi connectivity index (χ3v) is 1.57. The van der Waals surface area contributed by atoms with Crippen molar-refractivity contribution in [3.05, 3.63) is 18.0 Å². The first-order valence-electron chi connectivity index (χ1n) is 3.85. The lowest BCUT2D eigenvalue weighted by atomic mass is 10.4. The number of ether oxygens (including phenoxy) is 2. The molecule has 1 heterocycles. The highest BCUT2D eigenvalue weighted by molar-refractivity contribution is 5.88. The van der Waals surface area contributed by atoms with Gasteiger partial charge in [0.05, 0.1) is 26.0 Å². The Balaban J connectivity index is 2.68. The van der Waals surface area contributed by atoms with Crippen molar-refractivity contribution in [3.63, 3.8) is 0 Å². The fourth-order valence-corrected chi connectivity index (χ4v) is 0.870. The van der Waals surface area contributed by atoms with E-state index < -0.39 is 11.9 Å². The van der Waals surface area contributed by atoms with Crippen LogP contribution < -0.4 is 0 Å². The highest BCUT2D eigenvalue weighted by Gasteiger charge is 2.09. The Morgan fingerprint density at radius 3 is 2.71 bits per heavy atom. The van der Waals surface area contributed by atoms with E-state index in [-0.39, 0.29) is 6.54 Å². The molecule has 76 valence electrons. The molecule has 0 radical (unpaired) electrons. The minimum absolute atomic E-state index is 0.0203. The van der Waals surface area contributed by atoms with Crippen LogP contribution in [-0.2, 0) is 20.8 Å². The second-order valence-electron chi connectivity index (χ2n) is 2.49. The molecule has 0 unspecified atom stereocenters. The summed E-state index contributed by atoms with van der Waals surface area (Å²) in [7, 11) is 2.56. The van der Waals surface area contributed by atoms with E-state index in [0.29, 0.717) is 5.56 Å². The van der Waals surface area contributed by atoms with Crippen molar-refractivity contribution >= 4 is 11.9 Å². The van der Waals surface area contributed by atoms with E-state index in [1.165, 1.54) is 31.3 Å². The van der Waals surface area contributed by atoms with Crippen LogP contribution in [0.25, 0.3) is 0 Å². The van der Waals surface area contributed by atoms with E-state index in [9.17, 15) is 9.59 Å². The van der Waals surface area contributed by atoms with Crippen molar-refractivity contribution in [1.82, 2.24) is 9.78 Å². The Morgan fingerprint density at radius 2 is 2.14 bits per heavy atom. The van der Waals surface area contributed by atoms with Crippen LogP contribution in [0.5, 0.6) is 0 Å². The minimum Gasteiger partial charge on any atom is -0.468 e. The maximum absolute atomic E-state index is 11.0. The topological polar surface area (TPSA) is 70.4 Å². The van der Waals surface area contributed by atoms with Gasteiger partial charge in [0.25, 0.3) is 0 Å². The number of hydrogen-bond donors (Lipinski definition) is 0. The summed E-state index contributed by atoms with van der Waals surface area (Å²) in [6, 6.07) is 0. The van der Waals surface area contributed by atoms with Gasteiger partial charge in [-0.2, -0.15) is 5.10 Å². The zero-order valence-electron chi connectivity index (χ0n) is 7.89. The highest BCUT2D eigenvalue weighted by atomic mass is 16.5. The second kappa shape index (κ2) is 4.40. The lowest BCUT2D eigenvalue weighted by Gasteiger charge is -1.97. The van der Waals surface area contributed by atoms with Crippen LogP contribution in [0, 0.1) is 0 Å². The lowest BCUT2D eigenvalue weighted by molar-refractivity contribution is -0.141. The van der Waals surface area contributed by atoms with Crippen LogP contribution in [0.3, 0.4) is 0 Å². The van der Waals surface area contributed by atoms with Gasteiger partial charge >= 0.3 is 11.9 Å². The average Bonchev–Trinajstić information content (AvgIpc) is 2.65. The number of carbonyl (C=O) groups excluding carboxylic acids is 2. The molecule has 0 aromatic carbocycles. The van der Waals surface area contributed by atoms with Gasteiger partial charge in [-0.25, -0.2) is 4.79 Å². The van der Waals surface area contributed by atoms with E-state index in [4.69, 9.17) is 0 Å². The molecule has 0 aliphatic rings. The van der Waals surface area contributed by atoms with Gasteiger partial charge in [-0.3, -0.25) is 9.48 Å². The van der Waals surface area contributed by atoms with E-state index in [1.54, 1.807) is 0 Å². The second-order valence-corrected chi connectivity index (χ2v) is 2.49. The smallest absolute Gasteiger partial charge is 0.341 e. The monoisotopic (exact) mass is 198 g/mol. The molecule has 0 saturated carbocycles.